The van der Waals surface area contributed by atoms with Crippen molar-refractivity contribution in [1.29, 1.82) is 0 Å². The summed E-state index contributed by atoms with van der Waals surface area (Å²) in [6.45, 7) is 1.60. The maximum absolute atomic E-state index is 13.1. The molecule has 2 aromatic rings. The Bertz CT molecular complexity index is 1070. The van der Waals surface area contributed by atoms with E-state index >= 15 is 0 Å². The summed E-state index contributed by atoms with van der Waals surface area (Å²) in [6, 6.07) is 8.69. The minimum Gasteiger partial charge on any atom is -0.324 e. The molecule has 1 aliphatic rings. The van der Waals surface area contributed by atoms with Gasteiger partial charge >= 0.3 is 6.18 Å². The first-order valence-electron chi connectivity index (χ1n) is 10.2. The van der Waals surface area contributed by atoms with Crippen LogP contribution in [0.15, 0.2) is 42.5 Å². The molecule has 182 valence electrons. The van der Waals surface area contributed by atoms with Crippen LogP contribution in [0, 0.1) is 10.1 Å². The Labute approximate surface area is 197 Å². The maximum atomic E-state index is 13.1. The Morgan fingerprint density at radius 2 is 1.47 bits per heavy atom. The van der Waals surface area contributed by atoms with Crippen molar-refractivity contribution in [3.05, 3.63) is 63.2 Å². The number of hydrogen-bond acceptors (Lipinski definition) is 6. The van der Waals surface area contributed by atoms with E-state index in [1.807, 2.05) is 4.90 Å². The fourth-order valence-electron chi connectivity index (χ4n) is 3.49. The molecule has 0 spiro atoms. The summed E-state index contributed by atoms with van der Waals surface area (Å²) < 4.78 is 39.2. The van der Waals surface area contributed by atoms with E-state index in [9.17, 15) is 32.9 Å². The topological polar surface area (TPSA) is 108 Å². The SMILES string of the molecule is O=C(CN1CCN(CC(=O)Nc2ccccc2C(F)(F)F)CC1)Nc1ccc(Cl)cc1[N+](=O)[O-]. The van der Waals surface area contributed by atoms with Gasteiger partial charge in [-0.15, -0.1) is 0 Å². The zero-order chi connectivity index (χ0) is 24.9. The molecule has 1 fully saturated rings. The third kappa shape index (κ3) is 6.89. The molecule has 34 heavy (non-hydrogen) atoms. The molecule has 0 atom stereocenters. The second-order valence-electron chi connectivity index (χ2n) is 7.61. The highest BCUT2D eigenvalue weighted by Gasteiger charge is 2.33. The van der Waals surface area contributed by atoms with Gasteiger partial charge in [0.1, 0.15) is 5.69 Å². The number of nitrogens with zero attached hydrogens (tertiary/aromatic N) is 3. The van der Waals surface area contributed by atoms with Gasteiger partial charge in [0.15, 0.2) is 0 Å². The molecule has 0 radical (unpaired) electrons. The van der Waals surface area contributed by atoms with Crippen molar-refractivity contribution >= 4 is 40.5 Å². The number of amides is 2. The molecule has 1 aliphatic heterocycles. The summed E-state index contributed by atoms with van der Waals surface area (Å²) in [4.78, 5) is 38.7. The third-order valence-electron chi connectivity index (χ3n) is 5.14. The summed E-state index contributed by atoms with van der Waals surface area (Å²) >= 11 is 5.77. The van der Waals surface area contributed by atoms with Crippen LogP contribution in [-0.2, 0) is 15.8 Å². The second-order valence-corrected chi connectivity index (χ2v) is 8.05. The van der Waals surface area contributed by atoms with Gasteiger partial charge in [0, 0.05) is 37.3 Å². The molecule has 0 aliphatic carbocycles. The van der Waals surface area contributed by atoms with Crippen molar-refractivity contribution in [2.45, 2.75) is 6.18 Å². The van der Waals surface area contributed by atoms with Gasteiger partial charge in [-0.2, -0.15) is 13.2 Å². The number of piperazine rings is 1. The van der Waals surface area contributed by atoms with Crippen LogP contribution in [0.4, 0.5) is 30.2 Å². The summed E-state index contributed by atoms with van der Waals surface area (Å²) in [5, 5.41) is 16.1. The largest absolute Gasteiger partial charge is 0.418 e. The number of nitrogens with one attached hydrogen (secondary N) is 2. The first-order valence-corrected chi connectivity index (χ1v) is 10.6. The number of nitro groups is 1. The Morgan fingerprint density at radius 1 is 0.941 bits per heavy atom. The number of carbonyl (C=O) groups excluding carboxylic acids is 2. The molecular weight excluding hydrogens is 479 g/mol. The molecule has 1 heterocycles. The predicted molar refractivity (Wildman–Crippen MR) is 120 cm³/mol. The first kappa shape index (κ1) is 25.4. The molecule has 1 saturated heterocycles. The van der Waals surface area contributed by atoms with Crippen molar-refractivity contribution in [3.8, 4) is 0 Å². The number of carbonyl (C=O) groups is 2. The van der Waals surface area contributed by atoms with E-state index < -0.39 is 28.5 Å². The normalized spacial score (nSPS) is 15.1. The lowest BCUT2D eigenvalue weighted by Gasteiger charge is -2.33. The van der Waals surface area contributed by atoms with Crippen LogP contribution in [0.2, 0.25) is 5.02 Å². The highest BCUT2D eigenvalue weighted by Crippen LogP contribution is 2.34. The number of anilines is 2. The molecule has 9 nitrogen and oxygen atoms in total. The number of halogens is 4. The number of alkyl halides is 3. The van der Waals surface area contributed by atoms with E-state index in [-0.39, 0.29) is 35.2 Å². The summed E-state index contributed by atoms with van der Waals surface area (Å²) in [6.07, 6.45) is -4.58. The fraction of sp³-hybridized carbons (Fsp3) is 0.333. The molecule has 13 heteroatoms. The van der Waals surface area contributed by atoms with Gasteiger partial charge in [0.05, 0.1) is 29.3 Å². The average Bonchev–Trinajstić information content (AvgIpc) is 2.76. The predicted octanol–water partition coefficient (Wildman–Crippen LogP) is 3.46. The summed E-state index contributed by atoms with van der Waals surface area (Å²) in [7, 11) is 0. The van der Waals surface area contributed by atoms with Crippen LogP contribution in [0.3, 0.4) is 0 Å². The van der Waals surface area contributed by atoms with Crippen LogP contribution >= 0.6 is 11.6 Å². The molecular formula is C21H21ClF3N5O4. The van der Waals surface area contributed by atoms with E-state index in [0.29, 0.717) is 26.2 Å². The van der Waals surface area contributed by atoms with Crippen molar-refractivity contribution in [3.63, 3.8) is 0 Å². The van der Waals surface area contributed by atoms with E-state index in [0.717, 1.165) is 12.1 Å². The van der Waals surface area contributed by atoms with Crippen LogP contribution in [0.1, 0.15) is 5.56 Å². The average molecular weight is 500 g/mol. The van der Waals surface area contributed by atoms with Gasteiger partial charge < -0.3 is 10.6 Å². The molecule has 0 unspecified atom stereocenters. The van der Waals surface area contributed by atoms with Crippen LogP contribution in [-0.4, -0.2) is 65.8 Å². The summed E-state index contributed by atoms with van der Waals surface area (Å²) in [5.74, 6) is -1.02. The summed E-state index contributed by atoms with van der Waals surface area (Å²) in [5.41, 5.74) is -1.50. The monoisotopic (exact) mass is 499 g/mol. The fourth-order valence-corrected chi connectivity index (χ4v) is 3.66. The highest BCUT2D eigenvalue weighted by atomic mass is 35.5. The van der Waals surface area contributed by atoms with Gasteiger partial charge in [0.2, 0.25) is 11.8 Å². The van der Waals surface area contributed by atoms with Gasteiger partial charge in [0.25, 0.3) is 5.69 Å². The lowest BCUT2D eigenvalue weighted by atomic mass is 10.1. The van der Waals surface area contributed by atoms with Crippen LogP contribution in [0.25, 0.3) is 0 Å². The highest BCUT2D eigenvalue weighted by molar-refractivity contribution is 6.31. The van der Waals surface area contributed by atoms with Crippen LogP contribution in [0.5, 0.6) is 0 Å². The minimum atomic E-state index is -4.58. The quantitative estimate of drug-likeness (QED) is 0.446. The lowest BCUT2D eigenvalue weighted by molar-refractivity contribution is -0.383. The molecule has 0 bridgehead atoms. The molecule has 2 amide bonds. The second kappa shape index (κ2) is 10.8. The van der Waals surface area contributed by atoms with Crippen LogP contribution < -0.4 is 10.6 Å². The third-order valence-corrected chi connectivity index (χ3v) is 5.37. The number of hydrogen-bond donors (Lipinski definition) is 2. The van der Waals surface area contributed by atoms with Gasteiger partial charge in [-0.3, -0.25) is 29.5 Å². The lowest BCUT2D eigenvalue weighted by Crippen LogP contribution is -2.50. The van der Waals surface area contributed by atoms with Gasteiger partial charge in [-0.1, -0.05) is 23.7 Å². The molecule has 0 aromatic heterocycles. The molecule has 2 N–H and O–H groups in total. The standard InChI is InChI=1S/C21H21ClF3N5O4/c22-14-5-6-17(18(11-14)30(33)34)27-20(32)13-29-9-7-28(8-10-29)12-19(31)26-16-4-2-1-3-15(16)21(23,24)25/h1-6,11H,7-10,12-13H2,(H,26,31)(H,27,32). The number of nitro benzene ring substituents is 1. The first-order chi connectivity index (χ1) is 16.0. The molecule has 3 rings (SSSR count). The Kier molecular flexibility index (Phi) is 8.07. The van der Waals surface area contributed by atoms with E-state index in [2.05, 4.69) is 10.6 Å². The molecule has 0 saturated carbocycles. The van der Waals surface area contributed by atoms with Crippen molar-refractivity contribution in [2.24, 2.45) is 0 Å². The van der Waals surface area contributed by atoms with Gasteiger partial charge in [-0.05, 0) is 24.3 Å². The minimum absolute atomic E-state index is 0.0151. The number of benzene rings is 2. The van der Waals surface area contributed by atoms with Crippen molar-refractivity contribution in [1.82, 2.24) is 9.80 Å². The Morgan fingerprint density at radius 3 is 2.00 bits per heavy atom. The zero-order valence-electron chi connectivity index (χ0n) is 17.8. The zero-order valence-corrected chi connectivity index (χ0v) is 18.5. The molecule has 2 aromatic carbocycles. The van der Waals surface area contributed by atoms with Crippen molar-refractivity contribution < 1.29 is 27.7 Å². The maximum Gasteiger partial charge on any atom is 0.418 e. The Hall–Kier alpha value is -3.22. The van der Waals surface area contributed by atoms with E-state index in [4.69, 9.17) is 11.6 Å². The van der Waals surface area contributed by atoms with Gasteiger partial charge in [-0.25, -0.2) is 0 Å². The number of para-hydroxylation sites is 1. The Balaban J connectivity index is 1.47. The van der Waals surface area contributed by atoms with Crippen molar-refractivity contribution in [2.75, 3.05) is 49.9 Å². The van der Waals surface area contributed by atoms with E-state index in [1.165, 1.54) is 30.3 Å². The van der Waals surface area contributed by atoms with E-state index in [1.54, 1.807) is 4.90 Å². The number of rotatable bonds is 7. The smallest absolute Gasteiger partial charge is 0.324 e.